The van der Waals surface area contributed by atoms with Crippen molar-refractivity contribution in [1.29, 1.82) is 0 Å². The van der Waals surface area contributed by atoms with E-state index in [1.807, 2.05) is 40.6 Å². The third-order valence-corrected chi connectivity index (χ3v) is 7.49. The molecule has 1 aliphatic rings. The summed E-state index contributed by atoms with van der Waals surface area (Å²) < 4.78 is 8.50. The second-order valence-corrected chi connectivity index (χ2v) is 9.59. The lowest BCUT2D eigenvalue weighted by atomic mass is 10.1. The maximum Gasteiger partial charge on any atom is 0.278 e. The molecule has 1 aliphatic heterocycles. The van der Waals surface area contributed by atoms with E-state index in [4.69, 9.17) is 9.72 Å². The van der Waals surface area contributed by atoms with Crippen molar-refractivity contribution in [3.63, 3.8) is 0 Å². The second-order valence-electron chi connectivity index (χ2n) is 8.61. The van der Waals surface area contributed by atoms with Crippen molar-refractivity contribution in [2.45, 2.75) is 27.2 Å². The summed E-state index contributed by atoms with van der Waals surface area (Å²) in [6, 6.07) is 10.0. The number of carbonyl (C=O) groups is 1. The van der Waals surface area contributed by atoms with E-state index in [9.17, 15) is 4.79 Å². The molecule has 1 fully saturated rings. The Hall–Kier alpha value is -2.81. The summed E-state index contributed by atoms with van der Waals surface area (Å²) in [5.74, 6) is -0.0532. The fourth-order valence-corrected chi connectivity index (χ4v) is 5.56. The largest absolute Gasteiger partial charge is 0.379 e. The fourth-order valence-electron chi connectivity index (χ4n) is 4.42. The number of aromatic nitrogens is 3. The van der Waals surface area contributed by atoms with Crippen molar-refractivity contribution in [2.75, 3.05) is 44.3 Å². The SMILES string of the molecule is Cc1nc2ccccn2c1C(=O)N(CCCN1CCOCC1)c1nc2c(C)ccc(C)c2s1. The van der Waals surface area contributed by atoms with Gasteiger partial charge in [-0.1, -0.05) is 29.5 Å². The first-order valence-electron chi connectivity index (χ1n) is 11.5. The molecular weight excluding hydrogens is 434 g/mol. The number of aryl methyl sites for hydroxylation is 3. The maximum atomic E-state index is 14.0. The van der Waals surface area contributed by atoms with E-state index in [2.05, 4.69) is 35.9 Å². The lowest BCUT2D eigenvalue weighted by molar-refractivity contribution is 0.0376. The van der Waals surface area contributed by atoms with Crippen molar-refractivity contribution in [3.05, 3.63) is 59.0 Å². The lowest BCUT2D eigenvalue weighted by Gasteiger charge is -2.27. The van der Waals surface area contributed by atoms with Crippen LogP contribution in [0.1, 0.15) is 33.7 Å². The standard InChI is InChI=1S/C25H29N5O2S/c1-17-8-9-18(2)23-21(17)27-25(33-23)30(12-6-10-28-13-15-32-16-14-28)24(31)22-19(3)26-20-7-4-5-11-29(20)22/h4-5,7-9,11H,6,10,12-16H2,1-3H3. The Morgan fingerprint density at radius 3 is 2.67 bits per heavy atom. The first kappa shape index (κ1) is 22.0. The summed E-state index contributed by atoms with van der Waals surface area (Å²) in [7, 11) is 0. The lowest BCUT2D eigenvalue weighted by Crippen LogP contribution is -2.39. The number of imidazole rings is 1. The summed E-state index contributed by atoms with van der Waals surface area (Å²) >= 11 is 1.60. The highest BCUT2D eigenvalue weighted by molar-refractivity contribution is 7.22. The van der Waals surface area contributed by atoms with Gasteiger partial charge < -0.3 is 4.74 Å². The molecular formula is C25H29N5O2S. The van der Waals surface area contributed by atoms with Gasteiger partial charge in [0.2, 0.25) is 0 Å². The molecule has 4 aromatic rings. The van der Waals surface area contributed by atoms with Crippen LogP contribution in [0.3, 0.4) is 0 Å². The molecule has 0 atom stereocenters. The van der Waals surface area contributed by atoms with Crippen molar-refractivity contribution < 1.29 is 9.53 Å². The molecule has 4 heterocycles. The number of morpholine rings is 1. The maximum absolute atomic E-state index is 14.0. The minimum absolute atomic E-state index is 0.0532. The third kappa shape index (κ3) is 4.26. The van der Waals surface area contributed by atoms with Gasteiger partial charge in [-0.2, -0.15) is 0 Å². The second kappa shape index (κ2) is 9.21. The van der Waals surface area contributed by atoms with Crippen LogP contribution in [0.2, 0.25) is 0 Å². The number of hydrogen-bond donors (Lipinski definition) is 0. The molecule has 172 valence electrons. The van der Waals surface area contributed by atoms with Crippen molar-refractivity contribution in [3.8, 4) is 0 Å². The summed E-state index contributed by atoms with van der Waals surface area (Å²) in [6.45, 7) is 11.1. The first-order valence-corrected chi connectivity index (χ1v) is 12.3. The molecule has 0 aliphatic carbocycles. The van der Waals surface area contributed by atoms with Crippen LogP contribution >= 0.6 is 11.3 Å². The van der Waals surface area contributed by atoms with E-state index in [-0.39, 0.29) is 5.91 Å². The Morgan fingerprint density at radius 1 is 1.09 bits per heavy atom. The summed E-state index contributed by atoms with van der Waals surface area (Å²) in [5, 5.41) is 0.750. The topological polar surface area (TPSA) is 63.0 Å². The number of nitrogens with zero attached hydrogens (tertiary/aromatic N) is 5. The predicted octanol–water partition coefficient (Wildman–Crippen LogP) is 4.24. The van der Waals surface area contributed by atoms with Gasteiger partial charge in [0.1, 0.15) is 11.3 Å². The van der Waals surface area contributed by atoms with Gasteiger partial charge in [-0.25, -0.2) is 9.97 Å². The van der Waals surface area contributed by atoms with Gasteiger partial charge in [0.25, 0.3) is 5.91 Å². The Bertz CT molecular complexity index is 1270. The number of fused-ring (bicyclic) bond motifs is 2. The number of anilines is 1. The zero-order valence-electron chi connectivity index (χ0n) is 19.4. The molecule has 33 heavy (non-hydrogen) atoms. The van der Waals surface area contributed by atoms with Gasteiger partial charge in [-0.05, 0) is 50.5 Å². The molecule has 3 aromatic heterocycles. The smallest absolute Gasteiger partial charge is 0.278 e. The van der Waals surface area contributed by atoms with Crippen LogP contribution in [-0.4, -0.2) is 64.6 Å². The number of rotatable bonds is 6. The van der Waals surface area contributed by atoms with E-state index in [0.29, 0.717) is 12.2 Å². The number of benzene rings is 1. The van der Waals surface area contributed by atoms with E-state index < -0.39 is 0 Å². The highest BCUT2D eigenvalue weighted by Crippen LogP contribution is 2.34. The van der Waals surface area contributed by atoms with E-state index in [1.165, 1.54) is 5.56 Å². The van der Waals surface area contributed by atoms with E-state index in [1.54, 1.807) is 11.3 Å². The highest BCUT2D eigenvalue weighted by atomic mass is 32.1. The van der Waals surface area contributed by atoms with Gasteiger partial charge in [0.05, 0.1) is 29.1 Å². The summed E-state index contributed by atoms with van der Waals surface area (Å²) in [6.07, 6.45) is 2.77. The molecule has 0 radical (unpaired) electrons. The molecule has 5 rings (SSSR count). The molecule has 0 bridgehead atoms. The first-order chi connectivity index (χ1) is 16.0. The molecule has 8 heteroatoms. The predicted molar refractivity (Wildman–Crippen MR) is 133 cm³/mol. The quantitative estimate of drug-likeness (QED) is 0.428. The minimum atomic E-state index is -0.0532. The normalized spacial score (nSPS) is 14.9. The van der Waals surface area contributed by atoms with E-state index >= 15 is 0 Å². The van der Waals surface area contributed by atoms with E-state index in [0.717, 1.165) is 71.5 Å². The van der Waals surface area contributed by atoms with Crippen molar-refractivity contribution in [2.24, 2.45) is 0 Å². The third-order valence-electron chi connectivity index (χ3n) is 6.27. The molecule has 7 nitrogen and oxygen atoms in total. The number of amides is 1. The molecule has 1 amide bonds. The Labute approximate surface area is 197 Å². The Kier molecular flexibility index (Phi) is 6.14. The molecule has 0 spiro atoms. The van der Waals surface area contributed by atoms with Crippen molar-refractivity contribution >= 4 is 38.2 Å². The van der Waals surface area contributed by atoms with Crippen LogP contribution in [0.4, 0.5) is 5.13 Å². The number of thiazole rings is 1. The van der Waals surface area contributed by atoms with Crippen LogP contribution in [-0.2, 0) is 4.74 Å². The average molecular weight is 464 g/mol. The molecule has 0 N–H and O–H groups in total. The van der Waals surface area contributed by atoms with Crippen LogP contribution < -0.4 is 4.90 Å². The number of pyridine rings is 1. The molecule has 0 unspecified atom stereocenters. The van der Waals surface area contributed by atoms with Gasteiger partial charge >= 0.3 is 0 Å². The van der Waals surface area contributed by atoms with Gasteiger partial charge in [-0.15, -0.1) is 0 Å². The van der Waals surface area contributed by atoms with Crippen LogP contribution in [0.5, 0.6) is 0 Å². The average Bonchev–Trinajstić information content (AvgIpc) is 3.41. The zero-order valence-corrected chi connectivity index (χ0v) is 20.2. The monoisotopic (exact) mass is 463 g/mol. The van der Waals surface area contributed by atoms with Crippen molar-refractivity contribution in [1.82, 2.24) is 19.3 Å². The van der Waals surface area contributed by atoms with Gasteiger partial charge in [0.15, 0.2) is 5.13 Å². The summed E-state index contributed by atoms with van der Waals surface area (Å²) in [5.41, 5.74) is 5.41. The molecule has 1 saturated heterocycles. The summed E-state index contributed by atoms with van der Waals surface area (Å²) in [4.78, 5) is 27.8. The number of carbonyl (C=O) groups excluding carboxylic acids is 1. The van der Waals surface area contributed by atoms with Crippen LogP contribution in [0.25, 0.3) is 15.9 Å². The Balaban J connectivity index is 1.50. The number of ether oxygens (including phenoxy) is 1. The number of hydrogen-bond acceptors (Lipinski definition) is 6. The molecule has 1 aromatic carbocycles. The molecule has 0 saturated carbocycles. The fraction of sp³-hybridized carbons (Fsp3) is 0.400. The van der Waals surface area contributed by atoms with Crippen LogP contribution in [0.15, 0.2) is 36.5 Å². The zero-order chi connectivity index (χ0) is 22.9. The van der Waals surface area contributed by atoms with Crippen LogP contribution in [0, 0.1) is 20.8 Å². The highest BCUT2D eigenvalue weighted by Gasteiger charge is 2.27. The van der Waals surface area contributed by atoms with Gasteiger partial charge in [-0.3, -0.25) is 19.0 Å². The van der Waals surface area contributed by atoms with Gasteiger partial charge in [0, 0.05) is 32.4 Å². The Morgan fingerprint density at radius 2 is 1.88 bits per heavy atom. The minimum Gasteiger partial charge on any atom is -0.379 e.